The molecule has 1 unspecified atom stereocenters. The molecular weight excluding hydrogens is 318 g/mol. The van der Waals surface area contributed by atoms with E-state index in [-0.39, 0.29) is 12.5 Å². The third-order valence-electron chi connectivity index (χ3n) is 3.78. The number of nitrogens with one attached hydrogen (secondary N) is 1. The number of carbonyl (C=O) groups excluding carboxylic acids is 1. The van der Waals surface area contributed by atoms with Crippen LogP contribution in [0.5, 0.6) is 0 Å². The minimum Gasteiger partial charge on any atom is -0.383 e. The Morgan fingerprint density at radius 1 is 1.23 bits per heavy atom. The van der Waals surface area contributed by atoms with E-state index in [1.54, 1.807) is 19.1 Å². The predicted octanol–water partition coefficient (Wildman–Crippen LogP) is 3.70. The van der Waals surface area contributed by atoms with Gasteiger partial charge in [-0.15, -0.1) is 11.3 Å². The van der Waals surface area contributed by atoms with Crippen LogP contribution in [-0.2, 0) is 15.8 Å². The van der Waals surface area contributed by atoms with Gasteiger partial charge < -0.3 is 10.4 Å². The van der Waals surface area contributed by atoms with Crippen LogP contribution in [0, 0.1) is 0 Å². The van der Waals surface area contributed by atoms with Gasteiger partial charge in [0.15, 0.2) is 0 Å². The quantitative estimate of drug-likeness (QED) is 0.874. The summed E-state index contributed by atoms with van der Waals surface area (Å²) in [5.74, 6) is -0.133. The molecule has 22 heavy (non-hydrogen) atoms. The number of rotatable bonds is 5. The molecule has 0 bridgehead atoms. The van der Waals surface area contributed by atoms with Crippen LogP contribution in [0.2, 0.25) is 5.02 Å². The highest BCUT2D eigenvalue weighted by Crippen LogP contribution is 2.27. The van der Waals surface area contributed by atoms with Gasteiger partial charge in [-0.3, -0.25) is 4.79 Å². The molecule has 3 nitrogen and oxygen atoms in total. The Bertz CT molecular complexity index is 633. The molecule has 1 heterocycles. The Balaban J connectivity index is 2.06. The Morgan fingerprint density at radius 3 is 2.41 bits per heavy atom. The smallest absolute Gasteiger partial charge is 0.230 e. The SMILES string of the molecule is CC(O)(CNC(=O)C(C)(C)c1ccc(Cl)cc1)c1cccs1. The van der Waals surface area contributed by atoms with Gasteiger partial charge in [-0.25, -0.2) is 0 Å². The highest BCUT2D eigenvalue weighted by Gasteiger charge is 2.32. The van der Waals surface area contributed by atoms with Gasteiger partial charge in [-0.05, 0) is 49.9 Å². The standard InChI is InChI=1S/C17H20ClNO2S/c1-16(2,12-6-8-13(18)9-7-12)15(20)19-11-17(3,21)14-5-4-10-22-14/h4-10,21H,11H2,1-3H3,(H,19,20). The maximum Gasteiger partial charge on any atom is 0.230 e. The van der Waals surface area contributed by atoms with Crippen LogP contribution in [0.15, 0.2) is 41.8 Å². The maximum absolute atomic E-state index is 12.5. The molecule has 1 amide bonds. The number of thiophene rings is 1. The second-order valence-electron chi connectivity index (χ2n) is 6.07. The van der Waals surface area contributed by atoms with Crippen molar-refractivity contribution in [2.24, 2.45) is 0 Å². The van der Waals surface area contributed by atoms with Gasteiger partial charge in [0.2, 0.25) is 5.91 Å². The van der Waals surface area contributed by atoms with Crippen molar-refractivity contribution >= 4 is 28.8 Å². The van der Waals surface area contributed by atoms with Crippen LogP contribution in [0.1, 0.15) is 31.2 Å². The van der Waals surface area contributed by atoms with E-state index in [2.05, 4.69) is 5.32 Å². The first-order valence-corrected chi connectivity index (χ1v) is 8.30. The highest BCUT2D eigenvalue weighted by molar-refractivity contribution is 7.10. The Labute approximate surface area is 139 Å². The maximum atomic E-state index is 12.5. The van der Waals surface area contributed by atoms with Gasteiger partial charge in [-0.1, -0.05) is 29.8 Å². The van der Waals surface area contributed by atoms with Crippen molar-refractivity contribution in [2.75, 3.05) is 6.54 Å². The number of hydrogen-bond acceptors (Lipinski definition) is 3. The average molecular weight is 338 g/mol. The molecule has 0 aliphatic heterocycles. The molecule has 2 aromatic rings. The zero-order valence-electron chi connectivity index (χ0n) is 12.9. The van der Waals surface area contributed by atoms with E-state index < -0.39 is 11.0 Å². The van der Waals surface area contributed by atoms with E-state index in [9.17, 15) is 9.90 Å². The summed E-state index contributed by atoms with van der Waals surface area (Å²) in [6.07, 6.45) is 0. The molecule has 0 spiro atoms. The zero-order chi connectivity index (χ0) is 16.4. The summed E-state index contributed by atoms with van der Waals surface area (Å²) >= 11 is 7.36. The topological polar surface area (TPSA) is 49.3 Å². The first kappa shape index (κ1) is 17.0. The highest BCUT2D eigenvalue weighted by atomic mass is 35.5. The molecule has 5 heteroatoms. The fraction of sp³-hybridized carbons (Fsp3) is 0.353. The van der Waals surface area contributed by atoms with Gasteiger partial charge in [0, 0.05) is 9.90 Å². The molecule has 0 saturated carbocycles. The number of aliphatic hydroxyl groups is 1. The van der Waals surface area contributed by atoms with Crippen LogP contribution in [0.3, 0.4) is 0 Å². The van der Waals surface area contributed by atoms with E-state index in [0.717, 1.165) is 10.4 Å². The lowest BCUT2D eigenvalue weighted by Gasteiger charge is -2.28. The predicted molar refractivity (Wildman–Crippen MR) is 91.4 cm³/mol. The summed E-state index contributed by atoms with van der Waals surface area (Å²) in [6.45, 7) is 5.58. The summed E-state index contributed by atoms with van der Waals surface area (Å²) < 4.78 is 0. The zero-order valence-corrected chi connectivity index (χ0v) is 14.5. The van der Waals surface area contributed by atoms with Crippen molar-refractivity contribution in [1.82, 2.24) is 5.32 Å². The van der Waals surface area contributed by atoms with E-state index in [1.165, 1.54) is 11.3 Å². The average Bonchev–Trinajstić information content (AvgIpc) is 3.00. The molecular formula is C17H20ClNO2S. The normalized spacial score (nSPS) is 14.4. The van der Waals surface area contributed by atoms with Crippen LogP contribution in [0.4, 0.5) is 0 Å². The lowest BCUT2D eigenvalue weighted by Crippen LogP contribution is -2.45. The van der Waals surface area contributed by atoms with Crippen LogP contribution < -0.4 is 5.32 Å². The molecule has 1 atom stereocenters. The monoisotopic (exact) mass is 337 g/mol. The summed E-state index contributed by atoms with van der Waals surface area (Å²) in [4.78, 5) is 13.3. The third-order valence-corrected chi connectivity index (χ3v) is 5.15. The lowest BCUT2D eigenvalue weighted by molar-refractivity contribution is -0.126. The van der Waals surface area contributed by atoms with Crippen molar-refractivity contribution in [3.05, 3.63) is 57.2 Å². The largest absolute Gasteiger partial charge is 0.383 e. The van der Waals surface area contributed by atoms with Crippen molar-refractivity contribution < 1.29 is 9.90 Å². The fourth-order valence-corrected chi connectivity index (χ4v) is 3.06. The first-order valence-electron chi connectivity index (χ1n) is 7.04. The minimum atomic E-state index is -1.07. The molecule has 1 aromatic heterocycles. The number of carbonyl (C=O) groups is 1. The molecule has 0 aliphatic carbocycles. The Morgan fingerprint density at radius 2 is 1.86 bits per heavy atom. The fourth-order valence-electron chi connectivity index (χ4n) is 2.14. The van der Waals surface area contributed by atoms with Crippen molar-refractivity contribution in [2.45, 2.75) is 31.8 Å². The summed E-state index contributed by atoms with van der Waals surface area (Å²) in [7, 11) is 0. The summed E-state index contributed by atoms with van der Waals surface area (Å²) in [6, 6.07) is 11.0. The molecule has 2 N–H and O–H groups in total. The Hall–Kier alpha value is -1.36. The third kappa shape index (κ3) is 3.69. The number of amides is 1. The van der Waals surface area contributed by atoms with E-state index in [4.69, 9.17) is 11.6 Å². The molecule has 2 rings (SSSR count). The second kappa shape index (κ2) is 6.41. The molecule has 0 saturated heterocycles. The first-order chi connectivity index (χ1) is 10.2. The van der Waals surface area contributed by atoms with E-state index >= 15 is 0 Å². The van der Waals surface area contributed by atoms with E-state index in [0.29, 0.717) is 5.02 Å². The van der Waals surface area contributed by atoms with Gasteiger partial charge in [0.25, 0.3) is 0 Å². The van der Waals surface area contributed by atoms with Crippen molar-refractivity contribution in [3.8, 4) is 0 Å². The van der Waals surface area contributed by atoms with Gasteiger partial charge in [0.1, 0.15) is 5.60 Å². The number of hydrogen-bond donors (Lipinski definition) is 2. The lowest BCUT2D eigenvalue weighted by atomic mass is 9.83. The Kier molecular flexibility index (Phi) is 4.95. The number of benzene rings is 1. The van der Waals surface area contributed by atoms with Crippen molar-refractivity contribution in [1.29, 1.82) is 0 Å². The second-order valence-corrected chi connectivity index (χ2v) is 7.45. The van der Waals surface area contributed by atoms with Gasteiger partial charge >= 0.3 is 0 Å². The number of halogens is 1. The van der Waals surface area contributed by atoms with Crippen LogP contribution in [0.25, 0.3) is 0 Å². The molecule has 0 radical (unpaired) electrons. The van der Waals surface area contributed by atoms with Crippen LogP contribution in [-0.4, -0.2) is 17.6 Å². The van der Waals surface area contributed by atoms with Crippen molar-refractivity contribution in [3.63, 3.8) is 0 Å². The molecule has 118 valence electrons. The molecule has 0 aliphatic rings. The minimum absolute atomic E-state index is 0.133. The summed E-state index contributed by atoms with van der Waals surface area (Å²) in [5.41, 5.74) is -0.888. The van der Waals surface area contributed by atoms with E-state index in [1.807, 2.05) is 43.5 Å². The van der Waals surface area contributed by atoms with Gasteiger partial charge in [0.05, 0.1) is 12.0 Å². The molecule has 1 aromatic carbocycles. The molecule has 0 fully saturated rings. The summed E-state index contributed by atoms with van der Waals surface area (Å²) in [5, 5.41) is 15.9. The van der Waals surface area contributed by atoms with Crippen LogP contribution >= 0.6 is 22.9 Å². The van der Waals surface area contributed by atoms with Gasteiger partial charge in [-0.2, -0.15) is 0 Å².